The lowest BCUT2D eigenvalue weighted by atomic mass is 10.2. The van der Waals surface area contributed by atoms with E-state index < -0.39 is 0 Å². The van der Waals surface area contributed by atoms with Gasteiger partial charge in [0.05, 0.1) is 5.56 Å². The average molecular weight is 236 g/mol. The van der Waals surface area contributed by atoms with E-state index in [1.165, 1.54) is 6.33 Å². The van der Waals surface area contributed by atoms with Crippen molar-refractivity contribution in [2.75, 3.05) is 19.6 Å². The monoisotopic (exact) mass is 236 g/mol. The molecule has 0 atom stereocenters. The van der Waals surface area contributed by atoms with E-state index in [4.69, 9.17) is 5.73 Å². The second kappa shape index (κ2) is 6.96. The molecular formula is C12H20N4O. The van der Waals surface area contributed by atoms with Gasteiger partial charge in [-0.1, -0.05) is 13.8 Å². The van der Waals surface area contributed by atoms with E-state index in [0.29, 0.717) is 24.6 Å². The molecule has 0 spiro atoms. The van der Waals surface area contributed by atoms with E-state index in [0.717, 1.165) is 13.0 Å². The molecule has 17 heavy (non-hydrogen) atoms. The lowest BCUT2D eigenvalue weighted by Crippen LogP contribution is -2.36. The van der Waals surface area contributed by atoms with Crippen LogP contribution in [0.1, 0.15) is 30.6 Å². The Morgan fingerprint density at radius 2 is 2.06 bits per heavy atom. The summed E-state index contributed by atoms with van der Waals surface area (Å²) in [6.45, 7) is 6.18. The highest BCUT2D eigenvalue weighted by molar-refractivity contribution is 5.93. The summed E-state index contributed by atoms with van der Waals surface area (Å²) in [4.78, 5) is 21.7. The number of nitrogens with two attached hydrogens (primary N) is 1. The van der Waals surface area contributed by atoms with Crippen LogP contribution in [-0.2, 0) is 0 Å². The van der Waals surface area contributed by atoms with Gasteiger partial charge in [-0.2, -0.15) is 0 Å². The van der Waals surface area contributed by atoms with Crippen LogP contribution in [-0.4, -0.2) is 40.4 Å². The van der Waals surface area contributed by atoms with E-state index in [1.54, 1.807) is 12.4 Å². The van der Waals surface area contributed by atoms with Crippen molar-refractivity contribution in [1.29, 1.82) is 0 Å². The predicted octanol–water partition coefficient (Wildman–Crippen LogP) is 0.924. The molecule has 0 fully saturated rings. The summed E-state index contributed by atoms with van der Waals surface area (Å²) in [5.74, 6) is 0.411. The third-order valence-electron chi connectivity index (χ3n) is 2.31. The lowest BCUT2D eigenvalue weighted by molar-refractivity contribution is 0.0734. The molecule has 2 N–H and O–H groups in total. The van der Waals surface area contributed by atoms with Crippen LogP contribution < -0.4 is 5.73 Å². The van der Waals surface area contributed by atoms with Crippen LogP contribution in [0.4, 0.5) is 0 Å². The molecule has 0 bridgehead atoms. The second-order valence-electron chi connectivity index (χ2n) is 4.41. The van der Waals surface area contributed by atoms with Crippen LogP contribution in [0.15, 0.2) is 18.7 Å². The second-order valence-corrected chi connectivity index (χ2v) is 4.41. The zero-order valence-corrected chi connectivity index (χ0v) is 10.5. The first-order valence-corrected chi connectivity index (χ1v) is 5.89. The zero-order chi connectivity index (χ0) is 12.7. The molecule has 0 aliphatic rings. The Bertz CT molecular complexity index is 340. The van der Waals surface area contributed by atoms with Gasteiger partial charge in [0.15, 0.2) is 0 Å². The topological polar surface area (TPSA) is 72.1 Å². The fraction of sp³-hybridized carbons (Fsp3) is 0.583. The third kappa shape index (κ3) is 4.48. The Balaban J connectivity index is 2.71. The number of nitrogens with zero attached hydrogens (tertiary/aromatic N) is 3. The van der Waals surface area contributed by atoms with E-state index in [2.05, 4.69) is 23.8 Å². The largest absolute Gasteiger partial charge is 0.338 e. The van der Waals surface area contributed by atoms with E-state index in [1.807, 2.05) is 4.90 Å². The standard InChI is InChI=1S/C12H20N4O/c1-10(2)8-16(5-3-4-13)12(17)11-6-14-9-15-7-11/h6-7,9-10H,3-5,8,13H2,1-2H3. The van der Waals surface area contributed by atoms with Crippen LogP contribution >= 0.6 is 0 Å². The normalized spacial score (nSPS) is 10.6. The number of amides is 1. The van der Waals surface area contributed by atoms with Crippen molar-refractivity contribution in [2.45, 2.75) is 20.3 Å². The van der Waals surface area contributed by atoms with E-state index in [9.17, 15) is 4.79 Å². The first-order valence-electron chi connectivity index (χ1n) is 5.89. The SMILES string of the molecule is CC(C)CN(CCCN)C(=O)c1cncnc1. The molecule has 1 heterocycles. The number of carbonyl (C=O) groups is 1. The van der Waals surface area contributed by atoms with Crippen molar-refractivity contribution in [2.24, 2.45) is 11.7 Å². The number of carbonyl (C=O) groups excluding carboxylic acids is 1. The lowest BCUT2D eigenvalue weighted by Gasteiger charge is -2.24. The molecule has 1 aromatic rings. The highest BCUT2D eigenvalue weighted by Crippen LogP contribution is 2.06. The summed E-state index contributed by atoms with van der Waals surface area (Å²) >= 11 is 0. The molecule has 94 valence electrons. The maximum Gasteiger partial charge on any atom is 0.256 e. The highest BCUT2D eigenvalue weighted by Gasteiger charge is 2.16. The molecule has 0 radical (unpaired) electrons. The quantitative estimate of drug-likeness (QED) is 0.797. The zero-order valence-electron chi connectivity index (χ0n) is 10.5. The Kier molecular flexibility index (Phi) is 5.56. The summed E-state index contributed by atoms with van der Waals surface area (Å²) in [5, 5.41) is 0. The Morgan fingerprint density at radius 3 is 2.59 bits per heavy atom. The first kappa shape index (κ1) is 13.6. The van der Waals surface area contributed by atoms with Gasteiger partial charge < -0.3 is 10.6 Å². The van der Waals surface area contributed by atoms with Crippen molar-refractivity contribution in [3.8, 4) is 0 Å². The predicted molar refractivity (Wildman–Crippen MR) is 66.4 cm³/mol. The van der Waals surface area contributed by atoms with Crippen molar-refractivity contribution in [3.05, 3.63) is 24.3 Å². The molecule has 0 unspecified atom stereocenters. The maximum absolute atomic E-state index is 12.2. The maximum atomic E-state index is 12.2. The number of aromatic nitrogens is 2. The van der Waals surface area contributed by atoms with Crippen molar-refractivity contribution >= 4 is 5.91 Å². The fourth-order valence-corrected chi connectivity index (χ4v) is 1.59. The van der Waals surface area contributed by atoms with Crippen LogP contribution in [0.3, 0.4) is 0 Å². The number of hydrogen-bond acceptors (Lipinski definition) is 4. The van der Waals surface area contributed by atoms with Crippen LogP contribution in [0, 0.1) is 5.92 Å². The number of hydrogen-bond donors (Lipinski definition) is 1. The summed E-state index contributed by atoms with van der Waals surface area (Å²) in [6.07, 6.45) is 5.33. The van der Waals surface area contributed by atoms with Gasteiger partial charge >= 0.3 is 0 Å². The van der Waals surface area contributed by atoms with Crippen molar-refractivity contribution < 1.29 is 4.79 Å². The summed E-state index contributed by atoms with van der Waals surface area (Å²) in [6, 6.07) is 0. The molecule has 5 heteroatoms. The molecule has 0 aliphatic heterocycles. The minimum atomic E-state index is -0.0206. The van der Waals surface area contributed by atoms with Gasteiger partial charge in [-0.15, -0.1) is 0 Å². The molecule has 0 aliphatic carbocycles. The summed E-state index contributed by atoms with van der Waals surface area (Å²) in [5.41, 5.74) is 6.02. The third-order valence-corrected chi connectivity index (χ3v) is 2.31. The molecule has 0 aromatic carbocycles. The van der Waals surface area contributed by atoms with Crippen LogP contribution in [0.5, 0.6) is 0 Å². The smallest absolute Gasteiger partial charge is 0.256 e. The van der Waals surface area contributed by atoms with Crippen molar-refractivity contribution in [1.82, 2.24) is 14.9 Å². The first-order chi connectivity index (χ1) is 8.15. The number of rotatable bonds is 6. The molecule has 5 nitrogen and oxygen atoms in total. The molecular weight excluding hydrogens is 216 g/mol. The van der Waals surface area contributed by atoms with Gasteiger partial charge in [-0.3, -0.25) is 4.79 Å². The molecule has 0 saturated heterocycles. The molecule has 1 amide bonds. The Hall–Kier alpha value is -1.49. The van der Waals surface area contributed by atoms with Crippen LogP contribution in [0.25, 0.3) is 0 Å². The van der Waals surface area contributed by atoms with Crippen molar-refractivity contribution in [3.63, 3.8) is 0 Å². The highest BCUT2D eigenvalue weighted by atomic mass is 16.2. The van der Waals surface area contributed by atoms with Gasteiger partial charge in [-0.25, -0.2) is 9.97 Å². The Morgan fingerprint density at radius 1 is 1.41 bits per heavy atom. The van der Waals surface area contributed by atoms with Gasteiger partial charge in [0.2, 0.25) is 0 Å². The summed E-state index contributed by atoms with van der Waals surface area (Å²) in [7, 11) is 0. The molecule has 0 saturated carbocycles. The molecule has 1 rings (SSSR count). The minimum absolute atomic E-state index is 0.0206. The van der Waals surface area contributed by atoms with E-state index >= 15 is 0 Å². The van der Waals surface area contributed by atoms with Gasteiger partial charge in [0.25, 0.3) is 5.91 Å². The minimum Gasteiger partial charge on any atom is -0.338 e. The van der Waals surface area contributed by atoms with Gasteiger partial charge in [0, 0.05) is 25.5 Å². The summed E-state index contributed by atoms with van der Waals surface area (Å²) < 4.78 is 0. The van der Waals surface area contributed by atoms with Gasteiger partial charge in [-0.05, 0) is 18.9 Å². The van der Waals surface area contributed by atoms with E-state index in [-0.39, 0.29) is 5.91 Å². The Labute approximate surface area is 102 Å². The molecule has 1 aromatic heterocycles. The van der Waals surface area contributed by atoms with Crippen LogP contribution in [0.2, 0.25) is 0 Å². The average Bonchev–Trinajstić information content (AvgIpc) is 2.34. The van der Waals surface area contributed by atoms with Gasteiger partial charge in [0.1, 0.15) is 6.33 Å². The fourth-order valence-electron chi connectivity index (χ4n) is 1.59.